The highest BCUT2D eigenvalue weighted by atomic mass is 16.5. The third kappa shape index (κ3) is 6.47. The van der Waals surface area contributed by atoms with E-state index in [1.165, 1.54) is 6.42 Å². The lowest BCUT2D eigenvalue weighted by Crippen LogP contribution is -2.24. The molecule has 1 saturated carbocycles. The number of nitrogens with two attached hydrogens (primary N) is 1. The SMILES string of the molecule is COCCCC(C(=O)C1CCCCC1)c1ccc2c(c1)nc(NC(=O)c1ccc(C#N)cc1)n2CCCN. The summed E-state index contributed by atoms with van der Waals surface area (Å²) in [4.78, 5) is 31.4. The molecule has 1 aliphatic carbocycles. The van der Waals surface area contributed by atoms with Crippen LogP contribution in [0.2, 0.25) is 0 Å². The molecular formula is C30H37N5O3. The van der Waals surface area contributed by atoms with Gasteiger partial charge in [-0.1, -0.05) is 25.3 Å². The molecule has 8 nitrogen and oxygen atoms in total. The number of methoxy groups -OCH3 is 1. The standard InChI is InChI=1S/C30H37N5O3/c1-38-18-5-9-25(28(36)22-7-3-2-4-8-22)24-14-15-27-26(19-24)33-30(35(27)17-6-16-31)34-29(37)23-12-10-21(20-32)11-13-23/h10-15,19,22,25H,2-9,16-18,31H2,1H3,(H,33,34,37). The van der Waals surface area contributed by atoms with Crippen molar-refractivity contribution < 1.29 is 14.3 Å². The molecule has 1 atom stereocenters. The van der Waals surface area contributed by atoms with Crippen molar-refractivity contribution in [1.82, 2.24) is 9.55 Å². The summed E-state index contributed by atoms with van der Waals surface area (Å²) in [5.41, 5.74) is 9.32. The minimum atomic E-state index is -0.302. The number of amides is 1. The van der Waals surface area contributed by atoms with Crippen LogP contribution in [0.1, 0.15) is 78.8 Å². The first-order valence-electron chi connectivity index (χ1n) is 13.6. The Bertz CT molecular complexity index is 1290. The van der Waals surface area contributed by atoms with Crippen molar-refractivity contribution in [3.05, 3.63) is 59.2 Å². The maximum Gasteiger partial charge on any atom is 0.257 e. The summed E-state index contributed by atoms with van der Waals surface area (Å²) in [6.45, 7) is 1.74. The fraction of sp³-hybridized carbons (Fsp3) is 0.467. The zero-order valence-corrected chi connectivity index (χ0v) is 22.1. The van der Waals surface area contributed by atoms with E-state index in [4.69, 9.17) is 20.7 Å². The normalized spacial score (nSPS) is 14.8. The number of anilines is 1. The average Bonchev–Trinajstić information content (AvgIpc) is 3.30. The first-order valence-corrected chi connectivity index (χ1v) is 13.6. The van der Waals surface area contributed by atoms with Crippen LogP contribution in [0.5, 0.6) is 0 Å². The second-order valence-electron chi connectivity index (χ2n) is 10.0. The monoisotopic (exact) mass is 515 g/mol. The lowest BCUT2D eigenvalue weighted by atomic mass is 9.78. The van der Waals surface area contributed by atoms with Crippen LogP contribution in [-0.4, -0.2) is 41.5 Å². The van der Waals surface area contributed by atoms with Crippen molar-refractivity contribution in [3.63, 3.8) is 0 Å². The fourth-order valence-corrected chi connectivity index (χ4v) is 5.38. The number of carbonyl (C=O) groups is 2. The van der Waals surface area contributed by atoms with E-state index in [0.29, 0.717) is 42.6 Å². The van der Waals surface area contributed by atoms with Gasteiger partial charge in [0.15, 0.2) is 0 Å². The lowest BCUT2D eigenvalue weighted by molar-refractivity contribution is -0.125. The van der Waals surface area contributed by atoms with E-state index >= 15 is 0 Å². The average molecular weight is 516 g/mol. The van der Waals surface area contributed by atoms with Crippen LogP contribution in [0, 0.1) is 17.2 Å². The number of aromatic nitrogens is 2. The molecule has 1 heterocycles. The summed E-state index contributed by atoms with van der Waals surface area (Å²) in [6.07, 6.45) is 7.68. The number of fused-ring (bicyclic) bond motifs is 1. The molecule has 1 aliphatic rings. The van der Waals surface area contributed by atoms with Gasteiger partial charge in [-0.3, -0.25) is 14.9 Å². The summed E-state index contributed by atoms with van der Waals surface area (Å²) >= 11 is 0. The molecule has 0 radical (unpaired) electrons. The molecule has 4 rings (SSSR count). The van der Waals surface area contributed by atoms with Gasteiger partial charge in [0, 0.05) is 37.7 Å². The van der Waals surface area contributed by atoms with Crippen molar-refractivity contribution in [3.8, 4) is 6.07 Å². The zero-order valence-electron chi connectivity index (χ0n) is 22.1. The van der Waals surface area contributed by atoms with E-state index in [9.17, 15) is 9.59 Å². The highest BCUT2D eigenvalue weighted by molar-refractivity contribution is 6.04. The van der Waals surface area contributed by atoms with E-state index in [0.717, 1.165) is 61.5 Å². The van der Waals surface area contributed by atoms with Crippen molar-refractivity contribution in [2.24, 2.45) is 11.7 Å². The number of hydrogen-bond acceptors (Lipinski definition) is 6. The fourth-order valence-electron chi connectivity index (χ4n) is 5.38. The number of nitriles is 1. The maximum absolute atomic E-state index is 13.6. The van der Waals surface area contributed by atoms with Gasteiger partial charge in [0.25, 0.3) is 5.91 Å². The largest absolute Gasteiger partial charge is 0.385 e. The number of rotatable bonds is 12. The molecule has 1 fully saturated rings. The Balaban J connectivity index is 1.65. The minimum absolute atomic E-state index is 0.122. The van der Waals surface area contributed by atoms with E-state index in [-0.39, 0.29) is 17.7 Å². The second kappa shape index (κ2) is 13.3. The topological polar surface area (TPSA) is 123 Å². The molecular weight excluding hydrogens is 478 g/mol. The quantitative estimate of drug-likeness (QED) is 0.321. The Kier molecular flexibility index (Phi) is 9.63. The van der Waals surface area contributed by atoms with Gasteiger partial charge < -0.3 is 15.0 Å². The van der Waals surface area contributed by atoms with E-state index in [1.54, 1.807) is 31.4 Å². The number of imidazole rings is 1. The number of nitrogens with one attached hydrogen (secondary N) is 1. The number of ketones is 1. The molecule has 0 bridgehead atoms. The predicted molar refractivity (Wildman–Crippen MR) is 148 cm³/mol. The maximum atomic E-state index is 13.6. The van der Waals surface area contributed by atoms with Crippen LogP contribution < -0.4 is 11.1 Å². The van der Waals surface area contributed by atoms with E-state index < -0.39 is 0 Å². The number of ether oxygens (including phenoxy) is 1. The van der Waals surface area contributed by atoms with Crippen LogP contribution in [0.15, 0.2) is 42.5 Å². The second-order valence-corrected chi connectivity index (χ2v) is 10.0. The number of carbonyl (C=O) groups excluding carboxylic acids is 2. The van der Waals surface area contributed by atoms with Gasteiger partial charge in [0.2, 0.25) is 5.95 Å². The number of nitrogens with zero attached hydrogens (tertiary/aromatic N) is 3. The summed E-state index contributed by atoms with van der Waals surface area (Å²) in [5, 5.41) is 12.0. The number of benzene rings is 2. The summed E-state index contributed by atoms with van der Waals surface area (Å²) < 4.78 is 7.24. The Hall–Kier alpha value is -3.54. The molecule has 1 amide bonds. The molecule has 8 heteroatoms. The van der Waals surface area contributed by atoms with Crippen LogP contribution in [-0.2, 0) is 16.1 Å². The highest BCUT2D eigenvalue weighted by Crippen LogP contribution is 2.34. The van der Waals surface area contributed by atoms with Gasteiger partial charge in [-0.15, -0.1) is 0 Å². The minimum Gasteiger partial charge on any atom is -0.385 e. The van der Waals surface area contributed by atoms with E-state index in [2.05, 4.69) is 11.4 Å². The zero-order chi connectivity index (χ0) is 26.9. The Labute approximate surface area is 224 Å². The molecule has 3 N–H and O–H groups in total. The van der Waals surface area contributed by atoms with Gasteiger partial charge in [0.1, 0.15) is 5.78 Å². The van der Waals surface area contributed by atoms with Crippen molar-refractivity contribution in [1.29, 1.82) is 5.26 Å². The number of hydrogen-bond donors (Lipinski definition) is 2. The summed E-state index contributed by atoms with van der Waals surface area (Å²) in [7, 11) is 1.69. The molecule has 0 spiro atoms. The van der Waals surface area contributed by atoms with Gasteiger partial charge in [-0.25, -0.2) is 4.98 Å². The molecule has 0 saturated heterocycles. The molecule has 2 aromatic carbocycles. The van der Waals surface area contributed by atoms with Crippen LogP contribution in [0.4, 0.5) is 5.95 Å². The Morgan fingerprint density at radius 3 is 2.61 bits per heavy atom. The number of aryl methyl sites for hydroxylation is 1. The third-order valence-electron chi connectivity index (χ3n) is 7.45. The van der Waals surface area contributed by atoms with Gasteiger partial charge in [-0.2, -0.15) is 5.26 Å². The van der Waals surface area contributed by atoms with Gasteiger partial charge in [0.05, 0.1) is 22.7 Å². The van der Waals surface area contributed by atoms with Crippen LogP contribution >= 0.6 is 0 Å². The molecule has 3 aromatic rings. The van der Waals surface area contributed by atoms with Crippen LogP contribution in [0.3, 0.4) is 0 Å². The summed E-state index contributed by atoms with van der Waals surface area (Å²) in [5.74, 6) is 0.399. The molecule has 1 aromatic heterocycles. The summed E-state index contributed by atoms with van der Waals surface area (Å²) in [6, 6.07) is 14.6. The van der Waals surface area contributed by atoms with Gasteiger partial charge >= 0.3 is 0 Å². The Morgan fingerprint density at radius 1 is 1.16 bits per heavy atom. The third-order valence-corrected chi connectivity index (χ3v) is 7.45. The molecule has 38 heavy (non-hydrogen) atoms. The molecule has 1 unspecified atom stereocenters. The highest BCUT2D eigenvalue weighted by Gasteiger charge is 2.29. The number of Topliss-reactive ketones (excluding diaryl/α,β-unsaturated/α-hetero) is 1. The van der Waals surface area contributed by atoms with Gasteiger partial charge in [-0.05, 0) is 80.6 Å². The lowest BCUT2D eigenvalue weighted by Gasteiger charge is -2.26. The first kappa shape index (κ1) is 27.5. The van der Waals surface area contributed by atoms with Crippen molar-refractivity contribution in [2.45, 2.75) is 63.8 Å². The van der Waals surface area contributed by atoms with Crippen LogP contribution in [0.25, 0.3) is 11.0 Å². The smallest absolute Gasteiger partial charge is 0.257 e. The molecule has 200 valence electrons. The Morgan fingerprint density at radius 2 is 1.92 bits per heavy atom. The first-order chi connectivity index (χ1) is 18.5. The van der Waals surface area contributed by atoms with E-state index in [1.807, 2.05) is 22.8 Å². The predicted octanol–water partition coefficient (Wildman–Crippen LogP) is 5.17. The van der Waals surface area contributed by atoms with Crippen molar-refractivity contribution >= 4 is 28.7 Å². The molecule has 0 aliphatic heterocycles. The van der Waals surface area contributed by atoms with Crippen molar-refractivity contribution in [2.75, 3.05) is 25.6 Å².